The van der Waals surface area contributed by atoms with Crippen LogP contribution in [0.4, 0.5) is 13.2 Å². The summed E-state index contributed by atoms with van der Waals surface area (Å²) in [7, 11) is -6.47. The van der Waals surface area contributed by atoms with E-state index in [1.54, 1.807) is 20.8 Å². The highest BCUT2D eigenvalue weighted by Gasteiger charge is 2.48. The Hall–Kier alpha value is -1.43. The lowest BCUT2D eigenvalue weighted by Gasteiger charge is -2.34. The number of benzene rings is 2. The molecule has 0 aromatic heterocycles. The Labute approximate surface area is 159 Å². The van der Waals surface area contributed by atoms with E-state index in [1.807, 2.05) is 65.4 Å². The van der Waals surface area contributed by atoms with Crippen molar-refractivity contribution in [1.29, 1.82) is 0 Å². The molecule has 0 heterocycles. The Morgan fingerprint density at radius 2 is 1.30 bits per heavy atom. The Morgan fingerprint density at radius 3 is 1.63 bits per heavy atom. The van der Waals surface area contributed by atoms with Gasteiger partial charge in [0.15, 0.2) is 0 Å². The third kappa shape index (κ3) is 5.77. The highest BCUT2D eigenvalue weighted by molar-refractivity contribution is 7.90. The van der Waals surface area contributed by atoms with Crippen LogP contribution in [0.3, 0.4) is 0 Å². The zero-order chi connectivity index (χ0) is 20.3. The van der Waals surface area contributed by atoms with E-state index in [1.165, 1.54) is 0 Å². The molecule has 2 aromatic carbocycles. The second-order valence-electron chi connectivity index (χ2n) is 7.27. The zero-order valence-electron chi connectivity index (χ0n) is 15.4. The van der Waals surface area contributed by atoms with E-state index in [4.69, 9.17) is 0 Å². The number of rotatable bonds is 6. The maximum Gasteiger partial charge on any atom is 0.511 e. The van der Waals surface area contributed by atoms with Crippen molar-refractivity contribution in [3.63, 3.8) is 0 Å². The average Bonchev–Trinajstić information content (AvgIpc) is 2.58. The fourth-order valence-corrected chi connectivity index (χ4v) is 6.36. The summed E-state index contributed by atoms with van der Waals surface area (Å²) >= 11 is 0. The van der Waals surface area contributed by atoms with Gasteiger partial charge in [-0.1, -0.05) is 81.4 Å². The van der Waals surface area contributed by atoms with E-state index < -0.39 is 34.9 Å². The largest absolute Gasteiger partial charge is 0.511 e. The fraction of sp³-hybridized carbons (Fsp3) is 0.368. The summed E-state index contributed by atoms with van der Waals surface area (Å²) in [6.45, 7) is 5.21. The molecule has 2 aromatic rings. The van der Waals surface area contributed by atoms with Gasteiger partial charge in [0.25, 0.3) is 0 Å². The Bertz CT molecular complexity index is 795. The van der Waals surface area contributed by atoms with Gasteiger partial charge in [-0.3, -0.25) is 0 Å². The molecule has 0 saturated carbocycles. The molecule has 0 aliphatic carbocycles. The summed E-state index contributed by atoms with van der Waals surface area (Å²) < 4.78 is 64.1. The molecule has 0 unspecified atom stereocenters. The van der Waals surface area contributed by atoms with Crippen LogP contribution >= 0.6 is 7.92 Å². The second-order valence-corrected chi connectivity index (χ2v) is 11.2. The highest BCUT2D eigenvalue weighted by Crippen LogP contribution is 2.38. The molecule has 1 atom stereocenters. The van der Waals surface area contributed by atoms with E-state index in [0.717, 1.165) is 10.6 Å². The molecule has 0 amide bonds. The van der Waals surface area contributed by atoms with Gasteiger partial charge in [-0.25, -0.2) is 13.1 Å². The first-order chi connectivity index (χ1) is 12.4. The van der Waals surface area contributed by atoms with E-state index in [9.17, 15) is 21.6 Å². The van der Waals surface area contributed by atoms with Crippen molar-refractivity contribution >= 4 is 28.6 Å². The van der Waals surface area contributed by atoms with Crippen molar-refractivity contribution in [2.24, 2.45) is 5.41 Å². The molecule has 0 aliphatic rings. The lowest BCUT2D eigenvalue weighted by atomic mass is 9.89. The summed E-state index contributed by atoms with van der Waals surface area (Å²) in [6.07, 6.45) is 0.266. The first-order valence-corrected chi connectivity index (χ1v) is 11.4. The fourth-order valence-electron chi connectivity index (χ4n) is 2.50. The summed E-state index contributed by atoms with van der Waals surface area (Å²) in [5, 5.41) is 1.97. The normalized spacial score (nSPS) is 14.3. The summed E-state index contributed by atoms with van der Waals surface area (Å²) in [5.74, 6) is 0. The lowest BCUT2D eigenvalue weighted by molar-refractivity contribution is -0.0453. The first kappa shape index (κ1) is 21.9. The molecule has 27 heavy (non-hydrogen) atoms. The minimum atomic E-state index is -5.43. The van der Waals surface area contributed by atoms with Crippen LogP contribution in [0.5, 0.6) is 0 Å². The van der Waals surface area contributed by atoms with Gasteiger partial charge < -0.3 is 0 Å². The molecule has 1 N–H and O–H groups in total. The molecule has 0 aliphatic heterocycles. The van der Waals surface area contributed by atoms with Crippen molar-refractivity contribution in [1.82, 2.24) is 4.72 Å². The number of sulfonamides is 1. The van der Waals surface area contributed by atoms with Crippen molar-refractivity contribution < 1.29 is 21.6 Å². The second kappa shape index (κ2) is 8.29. The predicted molar refractivity (Wildman–Crippen MR) is 105 cm³/mol. The van der Waals surface area contributed by atoms with E-state index >= 15 is 0 Å². The summed E-state index contributed by atoms with van der Waals surface area (Å²) in [6, 6.07) is 18.1. The highest BCUT2D eigenvalue weighted by atomic mass is 32.2. The maximum atomic E-state index is 12.9. The minimum Gasteiger partial charge on any atom is -0.203 e. The number of hydrogen-bond donors (Lipinski definition) is 1. The molecule has 8 heteroatoms. The van der Waals surface area contributed by atoms with Gasteiger partial charge in [-0.15, -0.1) is 0 Å². The third-order valence-electron chi connectivity index (χ3n) is 4.15. The predicted octanol–water partition coefficient (Wildman–Crippen LogP) is 3.97. The molecule has 0 saturated heterocycles. The van der Waals surface area contributed by atoms with Crippen molar-refractivity contribution in [2.45, 2.75) is 32.3 Å². The van der Waals surface area contributed by atoms with Crippen molar-refractivity contribution in [3.05, 3.63) is 60.7 Å². The van der Waals surface area contributed by atoms with Crippen molar-refractivity contribution in [2.75, 3.05) is 6.16 Å². The van der Waals surface area contributed by atoms with Crippen LogP contribution in [0, 0.1) is 5.41 Å². The topological polar surface area (TPSA) is 46.2 Å². The molecular weight excluding hydrogens is 394 g/mol. The van der Waals surface area contributed by atoms with Gasteiger partial charge in [0.1, 0.15) is 0 Å². The molecule has 148 valence electrons. The Kier molecular flexibility index (Phi) is 6.72. The number of nitrogens with one attached hydrogen (secondary N) is 1. The van der Waals surface area contributed by atoms with Crippen LogP contribution in [0.15, 0.2) is 60.7 Å². The maximum absolute atomic E-state index is 12.9. The van der Waals surface area contributed by atoms with Gasteiger partial charge in [-0.05, 0) is 30.1 Å². The first-order valence-electron chi connectivity index (χ1n) is 8.38. The zero-order valence-corrected chi connectivity index (χ0v) is 17.1. The monoisotopic (exact) mass is 417 g/mol. The van der Waals surface area contributed by atoms with Gasteiger partial charge in [0.05, 0.1) is 0 Å². The van der Waals surface area contributed by atoms with Crippen LogP contribution < -0.4 is 15.3 Å². The quantitative estimate of drug-likeness (QED) is 0.723. The molecule has 0 bridgehead atoms. The number of halogens is 3. The average molecular weight is 417 g/mol. The SMILES string of the molecule is CC(C)(C)[C@@H](CP(c1ccccc1)c1ccccc1)NS(=O)(=O)C(F)(F)F. The molecule has 0 fully saturated rings. The van der Waals surface area contributed by atoms with Crippen LogP contribution in [0.25, 0.3) is 0 Å². The van der Waals surface area contributed by atoms with E-state index in [2.05, 4.69) is 0 Å². The van der Waals surface area contributed by atoms with Crippen molar-refractivity contribution in [3.8, 4) is 0 Å². The number of alkyl halides is 3. The van der Waals surface area contributed by atoms with E-state index in [-0.39, 0.29) is 6.16 Å². The standard InChI is InChI=1S/C19H23F3NO2PS/c1-18(2,3)17(23-27(24,25)19(20,21)22)14-26(15-10-6-4-7-11-15)16-12-8-5-9-13-16/h4-13,17,23H,14H2,1-3H3/t17-/m1/s1. The smallest absolute Gasteiger partial charge is 0.203 e. The van der Waals surface area contributed by atoms with E-state index in [0.29, 0.717) is 0 Å². The van der Waals surface area contributed by atoms with Gasteiger partial charge >= 0.3 is 15.5 Å². The van der Waals surface area contributed by atoms with Gasteiger partial charge in [0, 0.05) is 6.04 Å². The third-order valence-corrected chi connectivity index (χ3v) is 7.93. The number of hydrogen-bond acceptors (Lipinski definition) is 2. The summed E-state index contributed by atoms with van der Waals surface area (Å²) in [5.41, 5.74) is -6.03. The molecular formula is C19H23F3NO2PS. The van der Waals surface area contributed by atoms with Crippen LogP contribution in [-0.4, -0.2) is 26.1 Å². The Balaban J connectivity index is 2.42. The van der Waals surface area contributed by atoms with Crippen LogP contribution in [0.1, 0.15) is 20.8 Å². The summed E-state index contributed by atoms with van der Waals surface area (Å²) in [4.78, 5) is 0. The Morgan fingerprint density at radius 1 is 0.889 bits per heavy atom. The van der Waals surface area contributed by atoms with Gasteiger partial charge in [-0.2, -0.15) is 13.2 Å². The lowest BCUT2D eigenvalue weighted by Crippen LogP contribution is -2.50. The molecule has 3 nitrogen and oxygen atoms in total. The minimum absolute atomic E-state index is 0.266. The van der Waals surface area contributed by atoms with Crippen LogP contribution in [0.2, 0.25) is 0 Å². The van der Waals surface area contributed by atoms with Crippen LogP contribution in [-0.2, 0) is 10.0 Å². The molecule has 2 rings (SSSR count). The molecule has 0 spiro atoms. The molecule has 0 radical (unpaired) electrons. The van der Waals surface area contributed by atoms with Gasteiger partial charge in [0.2, 0.25) is 0 Å².